The van der Waals surface area contributed by atoms with E-state index >= 15 is 0 Å². The molecule has 2 nitrogen and oxygen atoms in total. The fraction of sp³-hybridized carbons (Fsp3) is 0.538. The van der Waals surface area contributed by atoms with Crippen LogP contribution in [0.2, 0.25) is 0 Å². The summed E-state index contributed by atoms with van der Waals surface area (Å²) in [5, 5.41) is 9.62. The molecule has 3 atom stereocenters. The van der Waals surface area contributed by atoms with Crippen LogP contribution in [0.4, 0.5) is 0 Å². The van der Waals surface area contributed by atoms with Gasteiger partial charge >= 0.3 is 0 Å². The number of thioether (sulfide) groups is 1. The third kappa shape index (κ3) is 4.62. The minimum Gasteiger partial charge on any atom is -0.395 e. The van der Waals surface area contributed by atoms with Crippen molar-refractivity contribution in [2.75, 3.05) is 6.61 Å². The number of nitrogens with two attached hydrogens (primary N) is 1. The Morgan fingerprint density at radius 3 is 2.41 bits per heavy atom. The van der Waals surface area contributed by atoms with E-state index in [0.717, 1.165) is 10.9 Å². The second kappa shape index (κ2) is 7.41. The molecule has 0 aromatic heterocycles. The molecule has 0 aliphatic heterocycles. The molecule has 1 rings (SSSR count). The van der Waals surface area contributed by atoms with Gasteiger partial charge in [0, 0.05) is 21.0 Å². The molecule has 0 heterocycles. The maximum absolute atomic E-state index is 9.16. The Hall–Kier alpha value is -0.0300. The standard InChI is InChI=1S/C13H20BrNOS/c1-3-12(15)13(17-9(2)8-16)10-4-6-11(14)7-5-10/h4-7,9,12-13,16H,3,8,15H2,1-2H3. The van der Waals surface area contributed by atoms with Crippen molar-refractivity contribution in [3.05, 3.63) is 34.3 Å². The summed E-state index contributed by atoms with van der Waals surface area (Å²) in [4.78, 5) is 0. The zero-order chi connectivity index (χ0) is 12.8. The molecule has 0 aliphatic carbocycles. The highest BCUT2D eigenvalue weighted by Gasteiger charge is 2.21. The Balaban J connectivity index is 2.85. The van der Waals surface area contributed by atoms with Crippen molar-refractivity contribution < 1.29 is 5.11 Å². The third-order valence-corrected chi connectivity index (χ3v) is 4.75. The molecule has 3 N–H and O–H groups in total. The van der Waals surface area contributed by atoms with Gasteiger partial charge < -0.3 is 10.8 Å². The molecule has 0 fully saturated rings. The Morgan fingerprint density at radius 2 is 1.94 bits per heavy atom. The van der Waals surface area contributed by atoms with Gasteiger partial charge in [0.15, 0.2) is 0 Å². The zero-order valence-corrected chi connectivity index (χ0v) is 12.7. The highest BCUT2D eigenvalue weighted by Crippen LogP contribution is 2.35. The topological polar surface area (TPSA) is 46.2 Å². The van der Waals surface area contributed by atoms with Gasteiger partial charge in [-0.3, -0.25) is 0 Å². The first-order valence-corrected chi connectivity index (χ1v) is 7.59. The molecular weight excluding hydrogens is 298 g/mol. The molecule has 0 bridgehead atoms. The number of benzene rings is 1. The fourth-order valence-corrected chi connectivity index (χ4v) is 3.15. The smallest absolute Gasteiger partial charge is 0.0547 e. The second-order valence-electron chi connectivity index (χ2n) is 4.17. The molecule has 96 valence electrons. The van der Waals surface area contributed by atoms with Gasteiger partial charge in [0.2, 0.25) is 0 Å². The van der Waals surface area contributed by atoms with Crippen LogP contribution in [0.3, 0.4) is 0 Å². The van der Waals surface area contributed by atoms with Crippen molar-refractivity contribution in [3.8, 4) is 0 Å². The lowest BCUT2D eigenvalue weighted by Gasteiger charge is -2.25. The van der Waals surface area contributed by atoms with Crippen LogP contribution in [0.25, 0.3) is 0 Å². The van der Waals surface area contributed by atoms with E-state index < -0.39 is 0 Å². The van der Waals surface area contributed by atoms with Gasteiger partial charge in [0.05, 0.1) is 6.61 Å². The van der Waals surface area contributed by atoms with Gasteiger partial charge in [0.25, 0.3) is 0 Å². The molecule has 0 spiro atoms. The molecule has 4 heteroatoms. The minimum absolute atomic E-state index is 0.121. The largest absolute Gasteiger partial charge is 0.395 e. The van der Waals surface area contributed by atoms with Crippen LogP contribution in [-0.4, -0.2) is 23.0 Å². The Labute approximate surface area is 116 Å². The third-order valence-electron chi connectivity index (χ3n) is 2.69. The van der Waals surface area contributed by atoms with Gasteiger partial charge in [-0.1, -0.05) is 41.9 Å². The highest BCUT2D eigenvalue weighted by atomic mass is 79.9. The average Bonchev–Trinajstić information content (AvgIpc) is 2.36. The van der Waals surface area contributed by atoms with E-state index in [1.54, 1.807) is 11.8 Å². The maximum Gasteiger partial charge on any atom is 0.0547 e. The van der Waals surface area contributed by atoms with E-state index in [1.807, 2.05) is 19.1 Å². The number of hydrogen-bond acceptors (Lipinski definition) is 3. The van der Waals surface area contributed by atoms with Gasteiger partial charge in [-0.2, -0.15) is 0 Å². The quantitative estimate of drug-likeness (QED) is 0.845. The van der Waals surface area contributed by atoms with Crippen LogP contribution in [-0.2, 0) is 0 Å². The molecule has 0 amide bonds. The summed E-state index contributed by atoms with van der Waals surface area (Å²) in [5.41, 5.74) is 7.41. The molecule has 3 unspecified atom stereocenters. The van der Waals surface area contributed by atoms with E-state index in [2.05, 4.69) is 35.0 Å². The van der Waals surface area contributed by atoms with Crippen LogP contribution < -0.4 is 5.73 Å². The lowest BCUT2D eigenvalue weighted by Crippen LogP contribution is -2.27. The molecule has 0 aliphatic rings. The summed E-state index contributed by atoms with van der Waals surface area (Å²) >= 11 is 5.18. The molecule has 0 radical (unpaired) electrons. The van der Waals surface area contributed by atoms with E-state index in [-0.39, 0.29) is 23.1 Å². The molecule has 17 heavy (non-hydrogen) atoms. The molecule has 1 aromatic rings. The lowest BCUT2D eigenvalue weighted by atomic mass is 10.0. The van der Waals surface area contributed by atoms with Crippen molar-refractivity contribution in [1.29, 1.82) is 0 Å². The van der Waals surface area contributed by atoms with Crippen LogP contribution in [0, 0.1) is 0 Å². The summed E-state index contributed by atoms with van der Waals surface area (Å²) in [6.45, 7) is 4.31. The van der Waals surface area contributed by atoms with Crippen LogP contribution in [0.15, 0.2) is 28.7 Å². The minimum atomic E-state index is 0.121. The van der Waals surface area contributed by atoms with Gasteiger partial charge in [-0.05, 0) is 24.1 Å². The van der Waals surface area contributed by atoms with E-state index in [4.69, 9.17) is 10.8 Å². The van der Waals surface area contributed by atoms with E-state index in [0.29, 0.717) is 0 Å². The summed E-state index contributed by atoms with van der Waals surface area (Å²) in [6, 6.07) is 8.39. The number of halogens is 1. The number of hydrogen-bond donors (Lipinski definition) is 2. The SMILES string of the molecule is CCC(N)C(SC(C)CO)c1ccc(Br)cc1. The van der Waals surface area contributed by atoms with Crippen molar-refractivity contribution in [2.45, 2.75) is 36.8 Å². The number of aliphatic hydroxyl groups is 1. The predicted molar refractivity (Wildman–Crippen MR) is 79.3 cm³/mol. The number of aliphatic hydroxyl groups excluding tert-OH is 1. The fourth-order valence-electron chi connectivity index (χ4n) is 1.59. The molecular formula is C13H20BrNOS. The van der Waals surface area contributed by atoms with Crippen LogP contribution >= 0.6 is 27.7 Å². The van der Waals surface area contributed by atoms with E-state index in [1.165, 1.54) is 5.56 Å². The van der Waals surface area contributed by atoms with Crippen LogP contribution in [0.5, 0.6) is 0 Å². The Bertz CT molecular complexity index is 331. The van der Waals surface area contributed by atoms with Crippen molar-refractivity contribution in [2.24, 2.45) is 5.73 Å². The summed E-state index contributed by atoms with van der Waals surface area (Å²) in [5.74, 6) is 0. The van der Waals surface area contributed by atoms with Crippen molar-refractivity contribution in [1.82, 2.24) is 0 Å². The Morgan fingerprint density at radius 1 is 1.35 bits per heavy atom. The average molecular weight is 318 g/mol. The number of rotatable bonds is 6. The van der Waals surface area contributed by atoms with Crippen molar-refractivity contribution >= 4 is 27.7 Å². The molecule has 0 saturated heterocycles. The van der Waals surface area contributed by atoms with E-state index in [9.17, 15) is 0 Å². The monoisotopic (exact) mass is 317 g/mol. The second-order valence-corrected chi connectivity index (χ2v) is 6.67. The summed E-state index contributed by atoms with van der Waals surface area (Å²) in [6.07, 6.45) is 0.936. The van der Waals surface area contributed by atoms with Gasteiger partial charge in [-0.15, -0.1) is 11.8 Å². The first-order chi connectivity index (χ1) is 8.08. The Kier molecular flexibility index (Phi) is 6.55. The lowest BCUT2D eigenvalue weighted by molar-refractivity contribution is 0.299. The zero-order valence-electron chi connectivity index (χ0n) is 10.3. The molecule has 0 saturated carbocycles. The first kappa shape index (κ1) is 15.0. The predicted octanol–water partition coefficient (Wildman–Crippen LogP) is 3.34. The normalized spacial score (nSPS) is 16.5. The maximum atomic E-state index is 9.16. The van der Waals surface area contributed by atoms with Crippen molar-refractivity contribution in [3.63, 3.8) is 0 Å². The van der Waals surface area contributed by atoms with Crippen LogP contribution in [0.1, 0.15) is 31.1 Å². The van der Waals surface area contributed by atoms with Gasteiger partial charge in [0.1, 0.15) is 0 Å². The summed E-state index contributed by atoms with van der Waals surface area (Å²) < 4.78 is 1.07. The molecule has 1 aromatic carbocycles. The highest BCUT2D eigenvalue weighted by molar-refractivity contribution is 9.10. The summed E-state index contributed by atoms with van der Waals surface area (Å²) in [7, 11) is 0. The van der Waals surface area contributed by atoms with Gasteiger partial charge in [-0.25, -0.2) is 0 Å². The first-order valence-electron chi connectivity index (χ1n) is 5.85.